The van der Waals surface area contributed by atoms with E-state index in [1.54, 1.807) is 12.4 Å². The number of anilines is 1. The molecule has 0 fully saturated rings. The Morgan fingerprint density at radius 3 is 2.88 bits per heavy atom. The van der Waals surface area contributed by atoms with Crippen molar-refractivity contribution in [2.24, 2.45) is 0 Å². The van der Waals surface area contributed by atoms with Crippen LogP contribution in [0.25, 0.3) is 0 Å². The summed E-state index contributed by atoms with van der Waals surface area (Å²) in [4.78, 5) is 16.9. The molecule has 0 saturated carbocycles. The Balaban J connectivity index is 2.07. The summed E-state index contributed by atoms with van der Waals surface area (Å²) in [6, 6.07) is 0. The molecule has 0 spiro atoms. The molecule has 2 aromatic rings. The molecule has 0 bridgehead atoms. The second-order valence-electron chi connectivity index (χ2n) is 3.66. The fourth-order valence-electron chi connectivity index (χ4n) is 1.16. The summed E-state index contributed by atoms with van der Waals surface area (Å²) in [5.74, 6) is 0.232. The normalized spacial score (nSPS) is 10.7. The molecule has 0 aliphatic rings. The van der Waals surface area contributed by atoms with E-state index >= 15 is 0 Å². The predicted octanol–water partition coefficient (Wildman–Crippen LogP) is 2.24. The van der Waals surface area contributed by atoms with Gasteiger partial charge in [-0.2, -0.15) is 5.10 Å². The number of aromatic nitrogens is 3. The number of nitrogens with zero attached hydrogens (tertiary/aromatic N) is 2. The number of thiazole rings is 1. The second-order valence-corrected chi connectivity index (χ2v) is 4.73. The van der Waals surface area contributed by atoms with Gasteiger partial charge in [0.05, 0.1) is 11.8 Å². The molecule has 1 amide bonds. The van der Waals surface area contributed by atoms with Crippen molar-refractivity contribution in [1.29, 1.82) is 0 Å². The molecule has 2 aromatic heterocycles. The topological polar surface area (TPSA) is 70.7 Å². The van der Waals surface area contributed by atoms with E-state index < -0.39 is 0 Å². The van der Waals surface area contributed by atoms with E-state index in [4.69, 9.17) is 0 Å². The van der Waals surface area contributed by atoms with Gasteiger partial charge in [0.25, 0.3) is 5.91 Å². The van der Waals surface area contributed by atoms with Crippen LogP contribution in [-0.2, 0) is 0 Å². The largest absolute Gasteiger partial charge is 0.298 e. The third-order valence-corrected chi connectivity index (χ3v) is 3.29. The van der Waals surface area contributed by atoms with Crippen LogP contribution in [0.4, 0.5) is 5.13 Å². The standard InChI is InChI=1S/C10H12N4OS/c1-6(2)8-5-11-10(16-8)14-9(15)7-3-12-13-4-7/h3-6H,1-2H3,(H,12,13)(H,11,14,15). The molecule has 0 saturated heterocycles. The van der Waals surface area contributed by atoms with Crippen molar-refractivity contribution >= 4 is 22.4 Å². The maximum absolute atomic E-state index is 11.6. The van der Waals surface area contributed by atoms with Crippen LogP contribution in [0.3, 0.4) is 0 Å². The van der Waals surface area contributed by atoms with Gasteiger partial charge in [-0.3, -0.25) is 15.2 Å². The lowest BCUT2D eigenvalue weighted by atomic mass is 10.2. The summed E-state index contributed by atoms with van der Waals surface area (Å²) in [5, 5.41) is 9.66. The molecule has 5 nitrogen and oxygen atoms in total. The number of amides is 1. The highest BCUT2D eigenvalue weighted by Gasteiger charge is 2.10. The monoisotopic (exact) mass is 236 g/mol. The molecule has 6 heteroatoms. The Labute approximate surface area is 96.9 Å². The van der Waals surface area contributed by atoms with Gasteiger partial charge in [-0.05, 0) is 5.92 Å². The van der Waals surface area contributed by atoms with Crippen molar-refractivity contribution in [3.8, 4) is 0 Å². The zero-order valence-corrected chi connectivity index (χ0v) is 9.84. The maximum atomic E-state index is 11.6. The third-order valence-electron chi connectivity index (χ3n) is 2.07. The van der Waals surface area contributed by atoms with E-state index in [9.17, 15) is 4.79 Å². The average Bonchev–Trinajstić information content (AvgIpc) is 2.87. The molecule has 16 heavy (non-hydrogen) atoms. The maximum Gasteiger partial charge on any atom is 0.260 e. The van der Waals surface area contributed by atoms with E-state index in [2.05, 4.69) is 34.3 Å². The second kappa shape index (κ2) is 4.44. The van der Waals surface area contributed by atoms with E-state index in [1.807, 2.05) is 0 Å². The highest BCUT2D eigenvalue weighted by molar-refractivity contribution is 7.15. The van der Waals surface area contributed by atoms with Gasteiger partial charge in [0.15, 0.2) is 5.13 Å². The van der Waals surface area contributed by atoms with E-state index in [1.165, 1.54) is 17.5 Å². The molecule has 0 atom stereocenters. The lowest BCUT2D eigenvalue weighted by Gasteiger charge is -1.98. The molecule has 84 valence electrons. The van der Waals surface area contributed by atoms with Crippen molar-refractivity contribution in [2.45, 2.75) is 19.8 Å². The zero-order chi connectivity index (χ0) is 11.5. The van der Waals surface area contributed by atoms with Crippen LogP contribution in [-0.4, -0.2) is 21.1 Å². The van der Waals surface area contributed by atoms with Crippen LogP contribution in [0.2, 0.25) is 0 Å². The Morgan fingerprint density at radius 1 is 1.50 bits per heavy atom. The summed E-state index contributed by atoms with van der Waals surface area (Å²) in [6.07, 6.45) is 4.82. The first-order chi connectivity index (χ1) is 7.66. The Hall–Kier alpha value is -1.69. The minimum absolute atomic E-state index is 0.196. The van der Waals surface area contributed by atoms with Crippen LogP contribution in [0.5, 0.6) is 0 Å². The number of hydrogen-bond donors (Lipinski definition) is 2. The van der Waals surface area contributed by atoms with Gasteiger partial charge in [0.2, 0.25) is 0 Å². The van der Waals surface area contributed by atoms with Gasteiger partial charge in [-0.25, -0.2) is 4.98 Å². The van der Waals surface area contributed by atoms with Crippen molar-refractivity contribution in [1.82, 2.24) is 15.2 Å². The predicted molar refractivity (Wildman–Crippen MR) is 62.7 cm³/mol. The van der Waals surface area contributed by atoms with Crippen LogP contribution in [0.15, 0.2) is 18.6 Å². The zero-order valence-electron chi connectivity index (χ0n) is 9.02. The summed E-state index contributed by atoms with van der Waals surface area (Å²) < 4.78 is 0. The van der Waals surface area contributed by atoms with Crippen LogP contribution < -0.4 is 5.32 Å². The summed E-state index contributed by atoms with van der Waals surface area (Å²) in [7, 11) is 0. The minimum atomic E-state index is -0.196. The van der Waals surface area contributed by atoms with Crippen molar-refractivity contribution in [2.75, 3.05) is 5.32 Å². The molecule has 0 aromatic carbocycles. The molecule has 2 N–H and O–H groups in total. The van der Waals surface area contributed by atoms with E-state index in [0.717, 1.165) is 4.88 Å². The fourth-order valence-corrected chi connectivity index (χ4v) is 1.97. The number of carbonyl (C=O) groups is 1. The van der Waals surface area contributed by atoms with E-state index in [-0.39, 0.29) is 5.91 Å². The minimum Gasteiger partial charge on any atom is -0.298 e. The summed E-state index contributed by atoms with van der Waals surface area (Å²) in [5.41, 5.74) is 0.501. The van der Waals surface area contributed by atoms with Crippen LogP contribution in [0.1, 0.15) is 35.0 Å². The third kappa shape index (κ3) is 2.27. The number of aromatic amines is 1. The fraction of sp³-hybridized carbons (Fsp3) is 0.300. The lowest BCUT2D eigenvalue weighted by Crippen LogP contribution is -2.10. The molecule has 2 rings (SSSR count). The lowest BCUT2D eigenvalue weighted by molar-refractivity contribution is 0.102. The Kier molecular flexibility index (Phi) is 3.00. The number of carbonyl (C=O) groups excluding carboxylic acids is 1. The van der Waals surface area contributed by atoms with Gasteiger partial charge in [0.1, 0.15) is 0 Å². The highest BCUT2D eigenvalue weighted by atomic mass is 32.1. The molecule has 0 unspecified atom stereocenters. The van der Waals surface area contributed by atoms with Crippen LogP contribution >= 0.6 is 11.3 Å². The number of rotatable bonds is 3. The SMILES string of the molecule is CC(C)c1cnc(NC(=O)c2cn[nH]c2)s1. The molecule has 2 heterocycles. The quantitative estimate of drug-likeness (QED) is 0.858. The average molecular weight is 236 g/mol. The van der Waals surface area contributed by atoms with Crippen molar-refractivity contribution < 1.29 is 4.79 Å². The Morgan fingerprint density at radius 2 is 2.31 bits per heavy atom. The molecular formula is C10H12N4OS. The highest BCUT2D eigenvalue weighted by Crippen LogP contribution is 2.25. The molecule has 0 aliphatic carbocycles. The molecule has 0 aliphatic heterocycles. The van der Waals surface area contributed by atoms with Crippen molar-refractivity contribution in [3.05, 3.63) is 29.0 Å². The summed E-state index contributed by atoms with van der Waals surface area (Å²) in [6.45, 7) is 4.18. The number of nitrogens with one attached hydrogen (secondary N) is 2. The summed E-state index contributed by atoms with van der Waals surface area (Å²) >= 11 is 1.49. The number of H-pyrrole nitrogens is 1. The van der Waals surface area contributed by atoms with E-state index in [0.29, 0.717) is 16.6 Å². The smallest absolute Gasteiger partial charge is 0.260 e. The molecular weight excluding hydrogens is 224 g/mol. The van der Waals surface area contributed by atoms with Gasteiger partial charge in [0, 0.05) is 17.3 Å². The first kappa shape index (κ1) is 10.8. The van der Waals surface area contributed by atoms with Gasteiger partial charge < -0.3 is 0 Å². The number of hydrogen-bond acceptors (Lipinski definition) is 4. The first-order valence-corrected chi connectivity index (χ1v) is 5.74. The molecule has 0 radical (unpaired) electrons. The van der Waals surface area contributed by atoms with Crippen molar-refractivity contribution in [3.63, 3.8) is 0 Å². The van der Waals surface area contributed by atoms with Gasteiger partial charge in [-0.15, -0.1) is 11.3 Å². The van der Waals surface area contributed by atoms with Gasteiger partial charge >= 0.3 is 0 Å². The Bertz CT molecular complexity index is 475. The van der Waals surface area contributed by atoms with Gasteiger partial charge in [-0.1, -0.05) is 13.8 Å². The van der Waals surface area contributed by atoms with Crippen LogP contribution in [0, 0.1) is 0 Å². The first-order valence-electron chi connectivity index (χ1n) is 4.92.